The normalized spacial score (nSPS) is 13.3. The van der Waals surface area contributed by atoms with E-state index in [0.717, 1.165) is 0 Å². The zero-order valence-corrected chi connectivity index (χ0v) is 6.54. The van der Waals surface area contributed by atoms with Crippen LogP contribution in [0.15, 0.2) is 0 Å². The van der Waals surface area contributed by atoms with Crippen LogP contribution in [0, 0.1) is 0 Å². The summed E-state index contributed by atoms with van der Waals surface area (Å²) in [5.41, 5.74) is 5.12. The Morgan fingerprint density at radius 3 is 2.42 bits per heavy atom. The van der Waals surface area contributed by atoms with E-state index < -0.39 is 17.4 Å². The zero-order chi connectivity index (χ0) is 9.56. The van der Waals surface area contributed by atoms with Gasteiger partial charge in [0.25, 0.3) is 0 Å². The molecule has 12 heavy (non-hydrogen) atoms. The number of carboxylic acid groups (broad SMARTS) is 1. The highest BCUT2D eigenvalue weighted by atomic mass is 19.4. The summed E-state index contributed by atoms with van der Waals surface area (Å²) in [5, 5.41) is 7.01. The van der Waals surface area contributed by atoms with Crippen molar-refractivity contribution in [2.24, 2.45) is 5.73 Å². The van der Waals surface area contributed by atoms with E-state index in [9.17, 15) is 13.8 Å². The van der Waals surface area contributed by atoms with Gasteiger partial charge >= 0.3 is 5.97 Å². The van der Waals surface area contributed by atoms with Crippen molar-refractivity contribution in [1.29, 1.82) is 0 Å². The average Bonchev–Trinajstić information content (AvgIpc) is 1.96. The largest absolute Gasteiger partial charge is 0.480 e. The van der Waals surface area contributed by atoms with Crippen molar-refractivity contribution in [2.45, 2.75) is 25.3 Å². The molecule has 0 aromatic carbocycles. The monoisotopic (exact) mass is 182 g/mol. The third-order valence-corrected chi connectivity index (χ3v) is 1.45. The van der Waals surface area contributed by atoms with Crippen LogP contribution in [0.1, 0.15) is 19.3 Å². The minimum Gasteiger partial charge on any atom is -0.480 e. The molecule has 3 N–H and O–H groups in total. The van der Waals surface area contributed by atoms with E-state index in [4.69, 9.17) is 10.8 Å². The van der Waals surface area contributed by atoms with Crippen molar-refractivity contribution in [2.75, 3.05) is 6.54 Å². The molecule has 0 saturated heterocycles. The van der Waals surface area contributed by atoms with Gasteiger partial charge in [0.05, 0.1) is 0 Å². The molecule has 72 valence electrons. The molecule has 0 bridgehead atoms. The van der Waals surface area contributed by atoms with Crippen LogP contribution in [0.2, 0.25) is 0 Å². The fourth-order valence-corrected chi connectivity index (χ4v) is 0.787. The van der Waals surface area contributed by atoms with Gasteiger partial charge in [0.15, 0.2) is 6.04 Å². The third kappa shape index (κ3) is 4.20. The minimum atomic E-state index is -1.70. The molecule has 1 atom stereocenters. The standard InChI is InChI=1S/C6H12F2N2O2/c7-10(8)5(6(11)12)3-1-2-4-9/h5H,1-4,9H2,(H,11,12)/t5-/m0/s1. The molecule has 0 amide bonds. The average molecular weight is 182 g/mol. The van der Waals surface area contributed by atoms with Gasteiger partial charge in [-0.25, -0.2) is 0 Å². The fourth-order valence-electron chi connectivity index (χ4n) is 0.787. The number of hydrogen-bond acceptors (Lipinski definition) is 3. The highest BCUT2D eigenvalue weighted by molar-refractivity contribution is 5.72. The number of unbranched alkanes of at least 4 members (excludes halogenated alkanes) is 1. The number of hydrogen-bond donors (Lipinski definition) is 2. The Morgan fingerprint density at radius 2 is 2.08 bits per heavy atom. The molecule has 0 saturated carbocycles. The predicted molar refractivity (Wildman–Crippen MR) is 38.4 cm³/mol. The molecular formula is C6H12F2N2O2. The van der Waals surface area contributed by atoms with Crippen LogP contribution in [0.3, 0.4) is 0 Å². The Labute approximate surface area is 68.8 Å². The number of carbonyl (C=O) groups is 1. The maximum absolute atomic E-state index is 11.8. The van der Waals surface area contributed by atoms with Crippen LogP contribution >= 0.6 is 0 Å². The van der Waals surface area contributed by atoms with Gasteiger partial charge in [-0.15, -0.1) is 8.96 Å². The van der Waals surface area contributed by atoms with E-state index in [1.807, 2.05) is 0 Å². The van der Waals surface area contributed by atoms with E-state index in [2.05, 4.69) is 0 Å². The van der Waals surface area contributed by atoms with Crippen molar-refractivity contribution in [3.05, 3.63) is 0 Å². The first kappa shape index (κ1) is 11.2. The summed E-state index contributed by atoms with van der Waals surface area (Å²) < 4.78 is 23.6. The lowest BCUT2D eigenvalue weighted by molar-refractivity contribution is -0.202. The molecule has 0 aliphatic carbocycles. The first-order valence-corrected chi connectivity index (χ1v) is 3.63. The lowest BCUT2D eigenvalue weighted by Gasteiger charge is -2.10. The number of nitrogens with two attached hydrogens (primary N) is 1. The quantitative estimate of drug-likeness (QED) is 0.467. The molecule has 0 aliphatic rings. The molecule has 0 unspecified atom stereocenters. The minimum absolute atomic E-state index is 0.0699. The summed E-state index contributed by atoms with van der Waals surface area (Å²) >= 11 is 0. The summed E-state index contributed by atoms with van der Waals surface area (Å²) in [6, 6.07) is -1.70. The number of nitrogens with zero attached hydrogens (tertiary/aromatic N) is 1. The zero-order valence-electron chi connectivity index (χ0n) is 6.54. The molecule has 6 heteroatoms. The van der Waals surface area contributed by atoms with E-state index in [-0.39, 0.29) is 6.42 Å². The van der Waals surface area contributed by atoms with Gasteiger partial charge in [0.1, 0.15) is 0 Å². The topological polar surface area (TPSA) is 66.6 Å². The maximum atomic E-state index is 11.8. The molecule has 4 nitrogen and oxygen atoms in total. The molecule has 0 fully saturated rings. The molecule has 0 heterocycles. The smallest absolute Gasteiger partial charge is 0.326 e. The van der Waals surface area contributed by atoms with Gasteiger partial charge < -0.3 is 10.8 Å². The lowest BCUT2D eigenvalue weighted by atomic mass is 10.1. The van der Waals surface area contributed by atoms with E-state index >= 15 is 0 Å². The summed E-state index contributed by atoms with van der Waals surface area (Å²) in [7, 11) is 0. The van der Waals surface area contributed by atoms with Gasteiger partial charge in [-0.3, -0.25) is 4.79 Å². The Kier molecular flexibility index (Phi) is 5.48. The Balaban J connectivity index is 3.72. The summed E-state index contributed by atoms with van der Waals surface area (Å²) in [6.07, 6.45) is 0.898. The second kappa shape index (κ2) is 5.84. The first-order valence-electron chi connectivity index (χ1n) is 3.63. The van der Waals surface area contributed by atoms with Crippen LogP contribution in [-0.2, 0) is 4.79 Å². The third-order valence-electron chi connectivity index (χ3n) is 1.45. The van der Waals surface area contributed by atoms with Crippen molar-refractivity contribution in [3.8, 4) is 0 Å². The summed E-state index contributed by atoms with van der Waals surface area (Å²) in [4.78, 5) is 10.2. The Morgan fingerprint density at radius 1 is 1.50 bits per heavy atom. The SMILES string of the molecule is NCCCC[C@@H](C(=O)O)N(F)F. The Bertz CT molecular complexity index is 144. The van der Waals surface area contributed by atoms with Crippen LogP contribution < -0.4 is 5.73 Å². The summed E-state index contributed by atoms with van der Waals surface area (Å²) in [5.74, 6) is -1.50. The highest BCUT2D eigenvalue weighted by Gasteiger charge is 2.25. The second-order valence-corrected chi connectivity index (χ2v) is 2.40. The lowest BCUT2D eigenvalue weighted by Crippen LogP contribution is -2.30. The van der Waals surface area contributed by atoms with Crippen molar-refractivity contribution < 1.29 is 18.9 Å². The van der Waals surface area contributed by atoms with Gasteiger partial charge in [0.2, 0.25) is 0 Å². The number of rotatable bonds is 6. The van der Waals surface area contributed by atoms with E-state index in [0.29, 0.717) is 19.4 Å². The van der Waals surface area contributed by atoms with Gasteiger partial charge in [-0.1, -0.05) is 0 Å². The molecule has 0 aromatic heterocycles. The predicted octanol–water partition coefficient (Wildman–Crippen LogP) is 0.640. The highest BCUT2D eigenvalue weighted by Crippen LogP contribution is 2.09. The molecule has 0 aliphatic heterocycles. The van der Waals surface area contributed by atoms with Crippen LogP contribution in [0.4, 0.5) is 8.96 Å². The second-order valence-electron chi connectivity index (χ2n) is 2.40. The number of halogens is 2. The number of aliphatic carboxylic acids is 1. The molecule has 0 aromatic rings. The molecule has 0 rings (SSSR count). The summed E-state index contributed by atoms with van der Waals surface area (Å²) in [6.45, 7) is 0.394. The van der Waals surface area contributed by atoms with Gasteiger partial charge in [-0.2, -0.15) is 0 Å². The van der Waals surface area contributed by atoms with E-state index in [1.165, 1.54) is 0 Å². The molecular weight excluding hydrogens is 170 g/mol. The van der Waals surface area contributed by atoms with Gasteiger partial charge in [0, 0.05) is 5.34 Å². The van der Waals surface area contributed by atoms with Crippen LogP contribution in [0.5, 0.6) is 0 Å². The van der Waals surface area contributed by atoms with Gasteiger partial charge in [-0.05, 0) is 25.8 Å². The van der Waals surface area contributed by atoms with Crippen LogP contribution in [0.25, 0.3) is 0 Å². The van der Waals surface area contributed by atoms with Crippen LogP contribution in [-0.4, -0.2) is 29.0 Å². The molecule has 0 spiro atoms. The van der Waals surface area contributed by atoms with Crippen molar-refractivity contribution in [3.63, 3.8) is 0 Å². The number of carboxylic acids is 1. The Hall–Kier alpha value is -0.750. The van der Waals surface area contributed by atoms with Crippen molar-refractivity contribution in [1.82, 2.24) is 5.34 Å². The first-order chi connectivity index (χ1) is 5.59. The molecule has 0 radical (unpaired) electrons. The van der Waals surface area contributed by atoms with Crippen molar-refractivity contribution >= 4 is 5.97 Å². The van der Waals surface area contributed by atoms with E-state index in [1.54, 1.807) is 0 Å². The fraction of sp³-hybridized carbons (Fsp3) is 0.833. The maximum Gasteiger partial charge on any atom is 0.326 e.